The lowest BCUT2D eigenvalue weighted by atomic mass is 10.0. The first kappa shape index (κ1) is 16.0. The number of rotatable bonds is 6. The fourth-order valence-corrected chi connectivity index (χ4v) is 3.34. The summed E-state index contributed by atoms with van der Waals surface area (Å²) in [6.07, 6.45) is 6.29. The van der Waals surface area contributed by atoms with Crippen LogP contribution < -0.4 is 5.32 Å². The van der Waals surface area contributed by atoms with Gasteiger partial charge in [0.15, 0.2) is 0 Å². The van der Waals surface area contributed by atoms with Crippen LogP contribution in [0.1, 0.15) is 36.0 Å². The van der Waals surface area contributed by atoms with Crippen molar-refractivity contribution in [3.63, 3.8) is 0 Å². The number of H-pyrrole nitrogens is 1. The number of nitrogens with zero attached hydrogens (tertiary/aromatic N) is 1. The van der Waals surface area contributed by atoms with Gasteiger partial charge in [-0.2, -0.15) is 0 Å². The van der Waals surface area contributed by atoms with E-state index in [2.05, 4.69) is 15.2 Å². The maximum absolute atomic E-state index is 12.2. The molecule has 5 nitrogen and oxygen atoms in total. The molecule has 5 heteroatoms. The van der Waals surface area contributed by atoms with Crippen LogP contribution in [-0.4, -0.2) is 53.2 Å². The third kappa shape index (κ3) is 3.92. The molecule has 0 bridgehead atoms. The van der Waals surface area contributed by atoms with Gasteiger partial charge in [0.1, 0.15) is 0 Å². The first-order valence-corrected chi connectivity index (χ1v) is 8.48. The number of nitrogens with one attached hydrogen (secondary N) is 2. The largest absolute Gasteiger partial charge is 0.395 e. The zero-order chi connectivity index (χ0) is 16.1. The molecule has 0 spiro atoms. The second-order valence-corrected chi connectivity index (χ2v) is 6.26. The van der Waals surface area contributed by atoms with Crippen LogP contribution in [0.4, 0.5) is 0 Å². The number of likely N-dealkylation sites (tertiary alicyclic amines) is 1. The summed E-state index contributed by atoms with van der Waals surface area (Å²) in [6, 6.07) is 7.96. The van der Waals surface area contributed by atoms with Crippen molar-refractivity contribution in [1.29, 1.82) is 0 Å². The average molecular weight is 315 g/mol. The van der Waals surface area contributed by atoms with Gasteiger partial charge in [0.2, 0.25) is 0 Å². The number of piperidine rings is 1. The van der Waals surface area contributed by atoms with Gasteiger partial charge in [-0.05, 0) is 50.1 Å². The Balaban J connectivity index is 1.45. The molecule has 0 radical (unpaired) electrons. The van der Waals surface area contributed by atoms with Gasteiger partial charge >= 0.3 is 0 Å². The molecule has 1 aliphatic rings. The van der Waals surface area contributed by atoms with Crippen LogP contribution in [0.25, 0.3) is 10.9 Å². The summed E-state index contributed by atoms with van der Waals surface area (Å²) in [6.45, 7) is 2.90. The summed E-state index contributed by atoms with van der Waals surface area (Å²) in [5.41, 5.74) is 1.74. The number of aliphatic hydroxyl groups is 1. The SMILES string of the molecule is O=C(NCCCN1CCCCC1CO)c1ccc2[nH]ccc2c1. The number of aromatic amines is 1. The third-order valence-corrected chi connectivity index (χ3v) is 4.68. The summed E-state index contributed by atoms with van der Waals surface area (Å²) < 4.78 is 0. The molecule has 1 fully saturated rings. The van der Waals surface area contributed by atoms with E-state index in [4.69, 9.17) is 0 Å². The molecule has 1 amide bonds. The van der Waals surface area contributed by atoms with Crippen molar-refractivity contribution in [2.24, 2.45) is 0 Å². The van der Waals surface area contributed by atoms with Crippen LogP contribution in [0.2, 0.25) is 0 Å². The smallest absolute Gasteiger partial charge is 0.251 e. The molecule has 1 aromatic carbocycles. The molecule has 3 N–H and O–H groups in total. The van der Waals surface area contributed by atoms with Crippen LogP contribution in [0, 0.1) is 0 Å². The minimum Gasteiger partial charge on any atom is -0.395 e. The number of fused-ring (bicyclic) bond motifs is 1. The van der Waals surface area contributed by atoms with Gasteiger partial charge in [-0.1, -0.05) is 6.42 Å². The van der Waals surface area contributed by atoms with Crippen LogP contribution in [0.15, 0.2) is 30.5 Å². The minimum atomic E-state index is -0.0227. The summed E-state index contributed by atoms with van der Waals surface area (Å²) in [4.78, 5) is 17.7. The fraction of sp³-hybridized carbons (Fsp3) is 0.500. The highest BCUT2D eigenvalue weighted by Crippen LogP contribution is 2.16. The van der Waals surface area contributed by atoms with Gasteiger partial charge in [0, 0.05) is 41.8 Å². The minimum absolute atomic E-state index is 0.0227. The van der Waals surface area contributed by atoms with E-state index in [0.717, 1.165) is 36.8 Å². The van der Waals surface area contributed by atoms with Gasteiger partial charge < -0.3 is 15.4 Å². The predicted molar refractivity (Wildman–Crippen MR) is 91.5 cm³/mol. The standard InChI is InChI=1S/C18H25N3O2/c22-13-16-4-1-2-10-21(16)11-3-8-20-18(23)15-5-6-17-14(12-15)7-9-19-17/h5-7,9,12,16,19,22H,1-4,8,10-11,13H2,(H,20,23). The van der Waals surface area contributed by atoms with Gasteiger partial charge in [-0.3, -0.25) is 9.69 Å². The maximum Gasteiger partial charge on any atom is 0.251 e. The molecule has 0 saturated carbocycles. The lowest BCUT2D eigenvalue weighted by molar-refractivity contribution is 0.0868. The lowest BCUT2D eigenvalue weighted by Gasteiger charge is -2.34. The highest BCUT2D eigenvalue weighted by atomic mass is 16.3. The highest BCUT2D eigenvalue weighted by molar-refractivity contribution is 5.98. The third-order valence-electron chi connectivity index (χ3n) is 4.68. The summed E-state index contributed by atoms with van der Waals surface area (Å²) in [5.74, 6) is -0.0227. The Kier molecular flexibility index (Phi) is 5.31. The van der Waals surface area contributed by atoms with Crippen LogP contribution in [0.5, 0.6) is 0 Å². The molecule has 1 aromatic heterocycles. The summed E-state index contributed by atoms with van der Waals surface area (Å²) >= 11 is 0. The fourth-order valence-electron chi connectivity index (χ4n) is 3.34. The monoisotopic (exact) mass is 315 g/mol. The Hall–Kier alpha value is -1.85. The molecule has 2 heterocycles. The topological polar surface area (TPSA) is 68.4 Å². The molecule has 1 aliphatic heterocycles. The van der Waals surface area contributed by atoms with Crippen molar-refractivity contribution in [2.45, 2.75) is 31.7 Å². The molecule has 124 valence electrons. The zero-order valence-electron chi connectivity index (χ0n) is 13.4. The maximum atomic E-state index is 12.2. The van der Waals surface area contributed by atoms with Crippen LogP contribution in [-0.2, 0) is 0 Å². The molecule has 0 aliphatic carbocycles. The van der Waals surface area contributed by atoms with E-state index in [1.54, 1.807) is 0 Å². The number of carbonyl (C=O) groups excluding carboxylic acids is 1. The Morgan fingerprint density at radius 2 is 2.26 bits per heavy atom. The van der Waals surface area contributed by atoms with Gasteiger partial charge in [0.05, 0.1) is 6.61 Å². The van der Waals surface area contributed by atoms with Crippen molar-refractivity contribution in [2.75, 3.05) is 26.2 Å². The first-order chi connectivity index (χ1) is 11.3. The van der Waals surface area contributed by atoms with Crippen molar-refractivity contribution < 1.29 is 9.90 Å². The summed E-state index contributed by atoms with van der Waals surface area (Å²) in [7, 11) is 0. The number of carbonyl (C=O) groups is 1. The number of amides is 1. The van der Waals surface area contributed by atoms with Gasteiger partial charge in [-0.15, -0.1) is 0 Å². The molecule has 1 unspecified atom stereocenters. The molecular weight excluding hydrogens is 290 g/mol. The second kappa shape index (κ2) is 7.62. The van der Waals surface area contributed by atoms with Gasteiger partial charge in [0.25, 0.3) is 5.91 Å². The van der Waals surface area contributed by atoms with Gasteiger partial charge in [-0.25, -0.2) is 0 Å². The number of hydrogen-bond donors (Lipinski definition) is 3. The second-order valence-electron chi connectivity index (χ2n) is 6.26. The molecular formula is C18H25N3O2. The summed E-state index contributed by atoms with van der Waals surface area (Å²) in [5, 5.41) is 13.5. The van der Waals surface area contributed by atoms with Crippen molar-refractivity contribution >= 4 is 16.8 Å². The van der Waals surface area contributed by atoms with E-state index in [1.807, 2.05) is 30.5 Å². The van der Waals surface area contributed by atoms with Crippen LogP contribution in [0.3, 0.4) is 0 Å². The number of benzene rings is 1. The molecule has 1 atom stereocenters. The molecule has 3 rings (SSSR count). The van der Waals surface area contributed by atoms with Crippen molar-refractivity contribution in [3.05, 3.63) is 36.0 Å². The van der Waals surface area contributed by atoms with E-state index >= 15 is 0 Å². The molecule has 1 saturated heterocycles. The Morgan fingerprint density at radius 3 is 3.13 bits per heavy atom. The molecule has 2 aromatic rings. The van der Waals surface area contributed by atoms with Crippen molar-refractivity contribution in [3.8, 4) is 0 Å². The number of aromatic nitrogens is 1. The van der Waals surface area contributed by atoms with E-state index in [9.17, 15) is 9.90 Å². The quantitative estimate of drug-likeness (QED) is 0.715. The zero-order valence-corrected chi connectivity index (χ0v) is 13.4. The number of hydrogen-bond acceptors (Lipinski definition) is 3. The predicted octanol–water partition coefficient (Wildman–Crippen LogP) is 2.13. The first-order valence-electron chi connectivity index (χ1n) is 8.48. The van der Waals surface area contributed by atoms with E-state index in [1.165, 1.54) is 12.8 Å². The van der Waals surface area contributed by atoms with E-state index in [0.29, 0.717) is 18.2 Å². The molecule has 23 heavy (non-hydrogen) atoms. The Morgan fingerprint density at radius 1 is 1.35 bits per heavy atom. The van der Waals surface area contributed by atoms with Crippen molar-refractivity contribution in [1.82, 2.24) is 15.2 Å². The van der Waals surface area contributed by atoms with E-state index < -0.39 is 0 Å². The number of aliphatic hydroxyl groups excluding tert-OH is 1. The highest BCUT2D eigenvalue weighted by Gasteiger charge is 2.20. The normalized spacial score (nSPS) is 19.1. The van der Waals surface area contributed by atoms with Crippen LogP contribution >= 0.6 is 0 Å². The Labute approximate surface area is 136 Å². The lowest BCUT2D eigenvalue weighted by Crippen LogP contribution is -2.43. The van der Waals surface area contributed by atoms with E-state index in [-0.39, 0.29) is 12.5 Å². The average Bonchev–Trinajstić information content (AvgIpc) is 3.06. The Bertz CT molecular complexity index is 653.